The molecule has 6 rings (SSSR count). The lowest BCUT2D eigenvalue weighted by molar-refractivity contribution is -0.136. The van der Waals surface area contributed by atoms with Gasteiger partial charge in [0.15, 0.2) is 23.3 Å². The van der Waals surface area contributed by atoms with Gasteiger partial charge in [0.2, 0.25) is 11.8 Å². The number of nitrogens with one attached hydrogen (secondary N) is 1. The predicted molar refractivity (Wildman–Crippen MR) is 139 cm³/mol. The minimum absolute atomic E-state index is 0.0486. The van der Waals surface area contributed by atoms with Crippen molar-refractivity contribution in [3.05, 3.63) is 46.9 Å². The fourth-order valence-corrected chi connectivity index (χ4v) is 5.30. The van der Waals surface area contributed by atoms with Crippen LogP contribution in [0.3, 0.4) is 0 Å². The van der Waals surface area contributed by atoms with E-state index >= 15 is 13.2 Å². The van der Waals surface area contributed by atoms with Crippen molar-refractivity contribution in [1.82, 2.24) is 25.3 Å². The number of aromatic nitrogens is 2. The topological polar surface area (TPSA) is 119 Å². The Bertz CT molecular complexity index is 1790. The Morgan fingerprint density at radius 2 is 1.61 bits per heavy atom. The number of hydrogen-bond acceptors (Lipinski definition) is 9. The maximum absolute atomic E-state index is 16.4. The van der Waals surface area contributed by atoms with Gasteiger partial charge in [0, 0.05) is 63.7 Å². The Morgan fingerprint density at radius 3 is 2.24 bits per heavy atom. The molecule has 3 saturated heterocycles. The van der Waals surface area contributed by atoms with Crippen molar-refractivity contribution in [2.75, 3.05) is 55.4 Å². The van der Waals surface area contributed by atoms with Crippen molar-refractivity contribution in [3.8, 4) is 0 Å². The van der Waals surface area contributed by atoms with E-state index in [1.54, 1.807) is 6.07 Å². The molecule has 1 atom stereocenters. The molecule has 2 aromatic rings. The number of amides is 4. The molecule has 4 aliphatic rings. The standard InChI is InChI=1S/C27H28F3N7O4/c28-21-19-20(27(41)37(26(19)40)16-3-4-18(38)32-25(16)39)22(29)24(23(21)30)36-12-10-34(11-13-36)14-15-5-8-35(9-6-15)17-2-1-7-31-33-17/h1-2,7,15-16H,3-6,8-14H2,(H,32,38,39)/i7D,10D2,11D2,12D2,13D2. The van der Waals surface area contributed by atoms with E-state index in [4.69, 9.17) is 12.3 Å². The van der Waals surface area contributed by atoms with E-state index in [-0.39, 0.29) is 35.2 Å². The first kappa shape index (κ1) is 18.4. The number of fused-ring (bicyclic) bond motifs is 1. The first-order valence-electron chi connectivity index (χ1n) is 17.2. The highest BCUT2D eigenvalue weighted by Gasteiger charge is 2.49. The lowest BCUT2D eigenvalue weighted by atomic mass is 9.96. The molecule has 41 heavy (non-hydrogen) atoms. The van der Waals surface area contributed by atoms with Crippen LogP contribution in [-0.2, 0) is 9.59 Å². The number of benzene rings is 1. The van der Waals surface area contributed by atoms with Crippen LogP contribution >= 0.6 is 0 Å². The molecule has 4 aliphatic heterocycles. The van der Waals surface area contributed by atoms with E-state index in [9.17, 15) is 19.2 Å². The van der Waals surface area contributed by atoms with Gasteiger partial charge in [0.1, 0.15) is 11.7 Å². The molecule has 1 N–H and O–H groups in total. The molecule has 1 unspecified atom stereocenters. The molecule has 0 aliphatic carbocycles. The summed E-state index contributed by atoms with van der Waals surface area (Å²) in [6, 6.07) is 1.27. The van der Waals surface area contributed by atoms with Gasteiger partial charge in [-0.15, -0.1) is 5.10 Å². The number of nitrogens with zero attached hydrogens (tertiary/aromatic N) is 6. The molecule has 14 heteroatoms. The van der Waals surface area contributed by atoms with Crippen LogP contribution in [0.1, 0.15) is 58.7 Å². The number of anilines is 2. The van der Waals surface area contributed by atoms with Crippen LogP contribution in [0.4, 0.5) is 24.7 Å². The van der Waals surface area contributed by atoms with Gasteiger partial charge in [0.05, 0.1) is 18.0 Å². The van der Waals surface area contributed by atoms with Crippen LogP contribution in [0, 0.1) is 23.4 Å². The smallest absolute Gasteiger partial charge is 0.265 e. The number of carbonyl (C=O) groups excluding carboxylic acids is 4. The number of piperidine rings is 2. The van der Waals surface area contributed by atoms with E-state index in [0.717, 1.165) is 0 Å². The summed E-state index contributed by atoms with van der Waals surface area (Å²) < 4.78 is 125. The second-order valence-electron chi connectivity index (χ2n) is 9.83. The average Bonchev–Trinajstić information content (AvgIpc) is 3.30. The number of carbonyl (C=O) groups is 4. The molecular formula is C27H28F3N7O4. The molecule has 3 fully saturated rings. The molecule has 1 aromatic carbocycles. The van der Waals surface area contributed by atoms with E-state index < -0.39 is 114 Å². The lowest BCUT2D eigenvalue weighted by Crippen LogP contribution is -2.54. The predicted octanol–water partition coefficient (Wildman–Crippen LogP) is 1.33. The highest BCUT2D eigenvalue weighted by Crippen LogP contribution is 2.38. The quantitative estimate of drug-likeness (QED) is 0.413. The minimum Gasteiger partial charge on any atom is -0.364 e. The van der Waals surface area contributed by atoms with Crippen LogP contribution in [-0.4, -0.2) is 95.3 Å². The van der Waals surface area contributed by atoms with Gasteiger partial charge >= 0.3 is 0 Å². The highest BCUT2D eigenvalue weighted by atomic mass is 19.2. The molecule has 0 radical (unpaired) electrons. The molecule has 4 amide bonds. The summed E-state index contributed by atoms with van der Waals surface area (Å²) >= 11 is 0. The van der Waals surface area contributed by atoms with E-state index in [2.05, 4.69) is 10.2 Å². The van der Waals surface area contributed by atoms with E-state index in [1.807, 2.05) is 10.2 Å². The summed E-state index contributed by atoms with van der Waals surface area (Å²) in [7, 11) is 0. The van der Waals surface area contributed by atoms with Gasteiger partial charge in [-0.1, -0.05) is 0 Å². The molecule has 0 spiro atoms. The summed E-state index contributed by atoms with van der Waals surface area (Å²) in [4.78, 5) is 52.1. The molecular weight excluding hydrogens is 543 g/mol. The van der Waals surface area contributed by atoms with Crippen LogP contribution in [0.25, 0.3) is 0 Å². The largest absolute Gasteiger partial charge is 0.364 e. The van der Waals surface area contributed by atoms with Crippen molar-refractivity contribution in [3.63, 3.8) is 0 Å². The average molecular weight is 581 g/mol. The van der Waals surface area contributed by atoms with Crippen molar-refractivity contribution in [2.24, 2.45) is 5.92 Å². The third-order valence-electron chi connectivity index (χ3n) is 7.40. The van der Waals surface area contributed by atoms with E-state index in [1.165, 1.54) is 6.07 Å². The van der Waals surface area contributed by atoms with Crippen LogP contribution in [0.2, 0.25) is 0 Å². The Hall–Kier alpha value is -4.07. The van der Waals surface area contributed by atoms with Crippen molar-refractivity contribution < 1.29 is 44.7 Å². The Balaban J connectivity index is 1.35. The van der Waals surface area contributed by atoms with E-state index in [0.29, 0.717) is 18.9 Å². The fraction of sp³-hybridized carbons (Fsp3) is 0.481. The molecule has 216 valence electrons. The minimum atomic E-state index is -3.87. The third-order valence-corrected chi connectivity index (χ3v) is 7.40. The SMILES string of the molecule is [2H]c1ccc(N2CCC(CN3C([2H])([2H])C([2H])([2H])N(c4c(F)c(F)c5c(c4F)C(=O)N(C4CCC(=O)NC4=O)C5=O)C([2H])([2H])C3([2H])[2H])CC2)nn1. The number of imide groups is 2. The zero-order valence-electron chi connectivity index (χ0n) is 30.2. The number of hydrogen-bond donors (Lipinski definition) is 1. The fourth-order valence-electron chi connectivity index (χ4n) is 5.30. The van der Waals surface area contributed by atoms with Crippen LogP contribution < -0.4 is 15.1 Å². The van der Waals surface area contributed by atoms with Gasteiger partial charge in [-0.05, 0) is 37.3 Å². The Morgan fingerprint density at radius 1 is 0.927 bits per heavy atom. The first-order chi connectivity index (χ1) is 23.2. The summed E-state index contributed by atoms with van der Waals surface area (Å²) in [5.74, 6) is -12.2. The summed E-state index contributed by atoms with van der Waals surface area (Å²) in [6.07, 6.45) is -0.289. The molecule has 5 heterocycles. The maximum Gasteiger partial charge on any atom is 0.265 e. The second kappa shape index (κ2) is 10.7. The lowest BCUT2D eigenvalue weighted by Gasteiger charge is -2.40. The number of piperazine rings is 1. The normalized spacial score (nSPS) is 30.6. The van der Waals surface area contributed by atoms with Crippen molar-refractivity contribution in [2.45, 2.75) is 31.7 Å². The zero-order chi connectivity index (χ0) is 36.9. The highest BCUT2D eigenvalue weighted by molar-refractivity contribution is 6.24. The maximum atomic E-state index is 16.4. The molecule has 1 aromatic heterocycles. The monoisotopic (exact) mass is 580 g/mol. The molecule has 0 saturated carbocycles. The van der Waals surface area contributed by atoms with Gasteiger partial charge in [0.25, 0.3) is 11.8 Å². The van der Waals surface area contributed by atoms with Crippen LogP contribution in [0.15, 0.2) is 18.3 Å². The van der Waals surface area contributed by atoms with Crippen LogP contribution in [0.5, 0.6) is 0 Å². The number of rotatable bonds is 5. The Kier molecular flexibility index (Phi) is 4.81. The van der Waals surface area contributed by atoms with Gasteiger partial charge in [-0.2, -0.15) is 5.10 Å². The third kappa shape index (κ3) is 4.79. The summed E-state index contributed by atoms with van der Waals surface area (Å²) in [5, 5.41) is 9.49. The Labute approximate surface area is 245 Å². The second-order valence-corrected chi connectivity index (χ2v) is 9.83. The van der Waals surface area contributed by atoms with Gasteiger partial charge in [-0.3, -0.25) is 34.3 Å². The molecule has 0 bridgehead atoms. The number of halogens is 3. The van der Waals surface area contributed by atoms with Gasteiger partial charge in [-0.25, -0.2) is 13.2 Å². The van der Waals surface area contributed by atoms with Gasteiger partial charge < -0.3 is 9.80 Å². The zero-order valence-corrected chi connectivity index (χ0v) is 21.2. The summed E-state index contributed by atoms with van der Waals surface area (Å²) in [6.45, 7) is -14.8. The molecule has 11 nitrogen and oxygen atoms in total. The van der Waals surface area contributed by atoms with Crippen molar-refractivity contribution >= 4 is 35.1 Å². The summed E-state index contributed by atoms with van der Waals surface area (Å²) in [5.41, 5.74) is -4.97. The first-order valence-corrected chi connectivity index (χ1v) is 12.7. The van der Waals surface area contributed by atoms with Crippen molar-refractivity contribution in [1.29, 1.82) is 0 Å².